The van der Waals surface area contributed by atoms with Gasteiger partial charge in [0.05, 0.1) is 28.0 Å². The Hall–Kier alpha value is -4.31. The van der Waals surface area contributed by atoms with Gasteiger partial charge in [-0.3, -0.25) is 14.3 Å². The molecule has 0 atom stereocenters. The van der Waals surface area contributed by atoms with Crippen molar-refractivity contribution in [1.29, 1.82) is 0 Å². The molecule has 0 bridgehead atoms. The number of nitrogens with zero attached hydrogens (tertiary/aromatic N) is 5. The van der Waals surface area contributed by atoms with Crippen LogP contribution in [0.3, 0.4) is 0 Å². The lowest BCUT2D eigenvalue weighted by Crippen LogP contribution is -2.29. The Labute approximate surface area is 214 Å². The molecule has 3 aromatic heterocycles. The van der Waals surface area contributed by atoms with Crippen LogP contribution in [-0.2, 0) is 7.05 Å². The van der Waals surface area contributed by atoms with Crippen molar-refractivity contribution in [3.63, 3.8) is 0 Å². The fourth-order valence-corrected chi connectivity index (χ4v) is 5.03. The van der Waals surface area contributed by atoms with Crippen molar-refractivity contribution >= 4 is 56.1 Å². The molecule has 6 rings (SSSR count). The normalized spacial score (nSPS) is 13.1. The molecule has 0 radical (unpaired) electrons. The predicted molar refractivity (Wildman–Crippen MR) is 141 cm³/mol. The van der Waals surface area contributed by atoms with Gasteiger partial charge in [0.2, 0.25) is 5.95 Å². The fraction of sp³-hybridized carbons (Fsp3) is 0.115. The number of hydrogen-bond acceptors (Lipinski definition) is 6. The number of fused-ring (bicyclic) bond motifs is 2. The summed E-state index contributed by atoms with van der Waals surface area (Å²) in [6.07, 6.45) is 3.59. The van der Waals surface area contributed by atoms with Crippen LogP contribution in [0.4, 0.5) is 17.5 Å². The van der Waals surface area contributed by atoms with Gasteiger partial charge in [-0.1, -0.05) is 18.2 Å². The topological polar surface area (TPSA) is 109 Å². The molecule has 4 heterocycles. The quantitative estimate of drug-likeness (QED) is 0.299. The van der Waals surface area contributed by atoms with Gasteiger partial charge in [0, 0.05) is 46.6 Å². The van der Waals surface area contributed by atoms with E-state index in [1.54, 1.807) is 35.1 Å². The molecule has 5 aromatic rings. The SMILES string of the molecule is Cc1cnc(Nc2cc(C)n(C)n2)nc1-c1c[nH]c2c(N3C(=O)c4cccc(Br)c4C3=O)cccc12. The van der Waals surface area contributed by atoms with Gasteiger partial charge in [-0.15, -0.1) is 0 Å². The molecule has 2 N–H and O–H groups in total. The Balaban J connectivity index is 1.43. The highest BCUT2D eigenvalue weighted by atomic mass is 79.9. The Morgan fingerprint density at radius 1 is 1.03 bits per heavy atom. The number of rotatable bonds is 4. The van der Waals surface area contributed by atoms with E-state index in [2.05, 4.69) is 36.3 Å². The van der Waals surface area contributed by atoms with Gasteiger partial charge in [-0.2, -0.15) is 5.10 Å². The highest BCUT2D eigenvalue weighted by Gasteiger charge is 2.39. The second kappa shape index (κ2) is 8.13. The van der Waals surface area contributed by atoms with Crippen LogP contribution in [0, 0.1) is 13.8 Å². The number of carbonyl (C=O) groups excluding carboxylic acids is 2. The number of nitrogens with one attached hydrogen (secondary N) is 2. The minimum atomic E-state index is -0.360. The van der Waals surface area contributed by atoms with Crippen molar-refractivity contribution in [3.05, 3.63) is 81.7 Å². The number of aryl methyl sites for hydroxylation is 3. The van der Waals surface area contributed by atoms with Crippen molar-refractivity contribution in [2.45, 2.75) is 13.8 Å². The predicted octanol–water partition coefficient (Wildman–Crippen LogP) is 5.28. The first-order valence-corrected chi connectivity index (χ1v) is 12.0. The van der Waals surface area contributed by atoms with Crippen LogP contribution in [0.2, 0.25) is 0 Å². The standard InChI is InChI=1S/C26H20BrN7O2/c1-13-11-29-26(30-20-10-14(2)33(3)32-20)31-22(13)17-12-28-23-15(17)6-5-9-19(23)34-24(35)16-7-4-8-18(27)21(16)25(34)36/h4-12,28H,1-3H3,(H,29,30,31,32). The zero-order valence-corrected chi connectivity index (χ0v) is 21.2. The summed E-state index contributed by atoms with van der Waals surface area (Å²) in [5, 5.41) is 8.41. The van der Waals surface area contributed by atoms with Crippen molar-refractivity contribution in [2.24, 2.45) is 7.05 Å². The molecule has 0 saturated carbocycles. The fourth-order valence-electron chi connectivity index (χ4n) is 4.49. The maximum Gasteiger partial charge on any atom is 0.267 e. The number of H-pyrrole nitrogens is 1. The van der Waals surface area contributed by atoms with E-state index in [1.165, 1.54) is 4.90 Å². The number of benzene rings is 2. The Morgan fingerprint density at radius 2 is 1.83 bits per heavy atom. The number of amides is 2. The molecule has 10 heteroatoms. The van der Waals surface area contributed by atoms with Crippen LogP contribution in [0.5, 0.6) is 0 Å². The van der Waals surface area contributed by atoms with E-state index in [4.69, 9.17) is 4.98 Å². The number of imide groups is 1. The minimum Gasteiger partial charge on any atom is -0.359 e. The summed E-state index contributed by atoms with van der Waals surface area (Å²) >= 11 is 3.41. The summed E-state index contributed by atoms with van der Waals surface area (Å²) in [4.78, 5) is 40.1. The second-order valence-electron chi connectivity index (χ2n) is 8.65. The van der Waals surface area contributed by atoms with E-state index in [0.29, 0.717) is 38.6 Å². The summed E-state index contributed by atoms with van der Waals surface area (Å²) in [7, 11) is 1.87. The largest absolute Gasteiger partial charge is 0.359 e. The van der Waals surface area contributed by atoms with E-state index in [1.807, 2.05) is 45.3 Å². The Morgan fingerprint density at radius 3 is 2.58 bits per heavy atom. The summed E-state index contributed by atoms with van der Waals surface area (Å²) in [5.74, 6) is 0.365. The molecule has 0 saturated heterocycles. The van der Waals surface area contributed by atoms with Crippen molar-refractivity contribution in [2.75, 3.05) is 10.2 Å². The molecule has 0 unspecified atom stereocenters. The van der Waals surface area contributed by atoms with Gasteiger partial charge < -0.3 is 10.3 Å². The van der Waals surface area contributed by atoms with E-state index in [0.717, 1.165) is 27.9 Å². The second-order valence-corrected chi connectivity index (χ2v) is 9.51. The van der Waals surface area contributed by atoms with Gasteiger partial charge in [0.25, 0.3) is 11.8 Å². The van der Waals surface area contributed by atoms with E-state index in [9.17, 15) is 9.59 Å². The molecule has 1 aliphatic rings. The number of aromatic nitrogens is 5. The van der Waals surface area contributed by atoms with Gasteiger partial charge in [-0.05, 0) is 53.5 Å². The lowest BCUT2D eigenvalue weighted by molar-refractivity contribution is 0.0926. The zero-order chi connectivity index (χ0) is 25.1. The van der Waals surface area contributed by atoms with Gasteiger partial charge in [0.15, 0.2) is 5.82 Å². The number of aromatic amines is 1. The smallest absolute Gasteiger partial charge is 0.267 e. The molecule has 0 spiro atoms. The number of para-hydroxylation sites is 1. The van der Waals surface area contributed by atoms with Crippen LogP contribution in [-0.4, -0.2) is 36.5 Å². The molecule has 2 amide bonds. The van der Waals surface area contributed by atoms with Gasteiger partial charge in [-0.25, -0.2) is 14.9 Å². The maximum absolute atomic E-state index is 13.3. The third-order valence-corrected chi connectivity index (χ3v) is 7.04. The average molecular weight is 542 g/mol. The molecule has 178 valence electrons. The third kappa shape index (κ3) is 3.33. The molecular formula is C26H20BrN7O2. The van der Waals surface area contributed by atoms with Crippen molar-refractivity contribution in [3.8, 4) is 11.3 Å². The van der Waals surface area contributed by atoms with Crippen LogP contribution in [0.1, 0.15) is 32.0 Å². The highest BCUT2D eigenvalue weighted by Crippen LogP contribution is 2.39. The Kier molecular flexibility index (Phi) is 5.01. The summed E-state index contributed by atoms with van der Waals surface area (Å²) in [5.41, 5.74) is 5.38. The van der Waals surface area contributed by atoms with E-state index >= 15 is 0 Å². The lowest BCUT2D eigenvalue weighted by Gasteiger charge is -2.15. The van der Waals surface area contributed by atoms with E-state index < -0.39 is 0 Å². The molecule has 1 aliphatic heterocycles. The van der Waals surface area contributed by atoms with Crippen LogP contribution in [0.15, 0.2) is 59.3 Å². The summed E-state index contributed by atoms with van der Waals surface area (Å²) in [6, 6.07) is 12.6. The Bertz CT molecular complexity index is 1700. The first kappa shape index (κ1) is 22.2. The number of hydrogen-bond donors (Lipinski definition) is 2. The van der Waals surface area contributed by atoms with Gasteiger partial charge in [0.1, 0.15) is 0 Å². The van der Waals surface area contributed by atoms with Crippen LogP contribution >= 0.6 is 15.9 Å². The number of carbonyl (C=O) groups is 2. The van der Waals surface area contributed by atoms with Crippen molar-refractivity contribution in [1.82, 2.24) is 24.7 Å². The first-order chi connectivity index (χ1) is 17.3. The average Bonchev–Trinajstić information content (AvgIpc) is 3.50. The summed E-state index contributed by atoms with van der Waals surface area (Å²) in [6.45, 7) is 3.91. The monoisotopic (exact) mass is 541 g/mol. The molecule has 0 aliphatic carbocycles. The minimum absolute atomic E-state index is 0.352. The first-order valence-electron chi connectivity index (χ1n) is 11.2. The molecule has 9 nitrogen and oxygen atoms in total. The van der Waals surface area contributed by atoms with Crippen molar-refractivity contribution < 1.29 is 9.59 Å². The third-order valence-electron chi connectivity index (χ3n) is 6.38. The molecule has 2 aromatic carbocycles. The summed E-state index contributed by atoms with van der Waals surface area (Å²) < 4.78 is 2.37. The van der Waals surface area contributed by atoms with Gasteiger partial charge >= 0.3 is 0 Å². The highest BCUT2D eigenvalue weighted by molar-refractivity contribution is 9.10. The number of halogens is 1. The van der Waals surface area contributed by atoms with Crippen LogP contribution < -0.4 is 10.2 Å². The zero-order valence-electron chi connectivity index (χ0n) is 19.6. The van der Waals surface area contributed by atoms with Crippen LogP contribution in [0.25, 0.3) is 22.2 Å². The maximum atomic E-state index is 13.3. The molecule has 0 fully saturated rings. The van der Waals surface area contributed by atoms with E-state index in [-0.39, 0.29) is 11.8 Å². The number of anilines is 3. The molecule has 36 heavy (non-hydrogen) atoms. The lowest BCUT2D eigenvalue weighted by atomic mass is 10.1. The molecular weight excluding hydrogens is 522 g/mol.